The first kappa shape index (κ1) is 21.1. The Labute approximate surface area is 176 Å². The molecule has 0 aliphatic carbocycles. The van der Waals surface area contributed by atoms with Crippen LogP contribution in [0, 0.1) is 19.8 Å². The van der Waals surface area contributed by atoms with E-state index in [9.17, 15) is 18.0 Å². The zero-order valence-corrected chi connectivity index (χ0v) is 17.2. The van der Waals surface area contributed by atoms with E-state index in [1.54, 1.807) is 18.0 Å². The van der Waals surface area contributed by atoms with Crippen molar-refractivity contribution in [2.75, 3.05) is 18.0 Å². The number of halogens is 3. The highest BCUT2D eigenvalue weighted by Gasteiger charge is 2.41. The Bertz CT molecular complexity index is 1110. The van der Waals surface area contributed by atoms with Crippen molar-refractivity contribution in [2.24, 2.45) is 5.92 Å². The molecule has 0 N–H and O–H groups in total. The number of pyridine rings is 1. The SMILES string of the molecule is Cc1ccc(-c2noc(C)c2Cn2ncc(N3CCC(C(F)(F)F)CC3)cc2=O)cn1. The molecule has 0 aromatic carbocycles. The van der Waals surface area contributed by atoms with Crippen molar-refractivity contribution in [2.45, 2.75) is 39.4 Å². The van der Waals surface area contributed by atoms with Crippen LogP contribution in [0.2, 0.25) is 0 Å². The van der Waals surface area contributed by atoms with Crippen molar-refractivity contribution in [1.82, 2.24) is 19.9 Å². The number of alkyl halides is 3. The minimum atomic E-state index is -4.17. The molecule has 0 unspecified atom stereocenters. The average molecular weight is 433 g/mol. The minimum absolute atomic E-state index is 0.0143. The van der Waals surface area contributed by atoms with Gasteiger partial charge in [0.2, 0.25) is 0 Å². The van der Waals surface area contributed by atoms with Crippen molar-refractivity contribution >= 4 is 5.69 Å². The summed E-state index contributed by atoms with van der Waals surface area (Å²) in [5.41, 5.74) is 3.15. The summed E-state index contributed by atoms with van der Waals surface area (Å²) in [4.78, 5) is 18.7. The van der Waals surface area contributed by atoms with Crippen LogP contribution >= 0.6 is 0 Å². The van der Waals surface area contributed by atoms with Gasteiger partial charge in [0.05, 0.1) is 24.3 Å². The Morgan fingerprint density at radius 2 is 1.90 bits per heavy atom. The fraction of sp³-hybridized carbons (Fsp3) is 0.429. The molecule has 0 spiro atoms. The number of nitrogens with zero attached hydrogens (tertiary/aromatic N) is 5. The molecule has 0 radical (unpaired) electrons. The lowest BCUT2D eigenvalue weighted by atomic mass is 9.96. The maximum atomic E-state index is 12.9. The maximum absolute atomic E-state index is 12.9. The van der Waals surface area contributed by atoms with Crippen molar-refractivity contribution in [3.63, 3.8) is 0 Å². The molecule has 164 valence electrons. The molecule has 0 atom stereocenters. The summed E-state index contributed by atoms with van der Waals surface area (Å²) in [6.07, 6.45) is -0.930. The predicted octanol–water partition coefficient (Wildman–Crippen LogP) is 3.74. The molecular formula is C21H22F3N5O2. The fourth-order valence-electron chi connectivity index (χ4n) is 3.74. The highest BCUT2D eigenvalue weighted by molar-refractivity contribution is 5.62. The molecule has 3 aromatic rings. The third kappa shape index (κ3) is 4.47. The normalized spacial score (nSPS) is 15.5. The summed E-state index contributed by atoms with van der Waals surface area (Å²) in [7, 11) is 0. The number of aryl methyl sites for hydroxylation is 2. The molecule has 1 aliphatic heterocycles. The third-order valence-corrected chi connectivity index (χ3v) is 5.66. The van der Waals surface area contributed by atoms with E-state index in [-0.39, 0.29) is 38.0 Å². The number of piperidine rings is 1. The molecule has 1 saturated heterocycles. The topological polar surface area (TPSA) is 77.0 Å². The first-order valence-corrected chi connectivity index (χ1v) is 9.99. The zero-order valence-electron chi connectivity index (χ0n) is 17.2. The lowest BCUT2D eigenvalue weighted by molar-refractivity contribution is -0.179. The van der Waals surface area contributed by atoms with Crippen LogP contribution in [0.5, 0.6) is 0 Å². The predicted molar refractivity (Wildman–Crippen MR) is 108 cm³/mol. The second-order valence-electron chi connectivity index (χ2n) is 7.77. The van der Waals surface area contributed by atoms with Gasteiger partial charge in [0.25, 0.3) is 5.56 Å². The van der Waals surface area contributed by atoms with Gasteiger partial charge in [0.1, 0.15) is 11.5 Å². The van der Waals surface area contributed by atoms with E-state index >= 15 is 0 Å². The Morgan fingerprint density at radius 3 is 2.52 bits per heavy atom. The van der Waals surface area contributed by atoms with Crippen LogP contribution in [-0.2, 0) is 6.54 Å². The van der Waals surface area contributed by atoms with Gasteiger partial charge in [-0.3, -0.25) is 9.78 Å². The van der Waals surface area contributed by atoms with E-state index in [4.69, 9.17) is 4.52 Å². The molecule has 0 saturated carbocycles. The van der Waals surface area contributed by atoms with E-state index in [1.807, 2.05) is 19.1 Å². The van der Waals surface area contributed by atoms with Gasteiger partial charge in [-0.1, -0.05) is 5.16 Å². The van der Waals surface area contributed by atoms with Crippen molar-refractivity contribution < 1.29 is 17.7 Å². The first-order chi connectivity index (χ1) is 14.7. The van der Waals surface area contributed by atoms with Gasteiger partial charge < -0.3 is 9.42 Å². The number of aromatic nitrogens is 4. The minimum Gasteiger partial charge on any atom is -0.370 e. The second-order valence-corrected chi connectivity index (χ2v) is 7.77. The fourth-order valence-corrected chi connectivity index (χ4v) is 3.74. The highest BCUT2D eigenvalue weighted by Crippen LogP contribution is 2.35. The maximum Gasteiger partial charge on any atom is 0.391 e. The Kier molecular flexibility index (Phi) is 5.55. The summed E-state index contributed by atoms with van der Waals surface area (Å²) >= 11 is 0. The van der Waals surface area contributed by atoms with Crippen LogP contribution in [0.25, 0.3) is 11.3 Å². The van der Waals surface area contributed by atoms with Crippen molar-refractivity contribution in [1.29, 1.82) is 0 Å². The largest absolute Gasteiger partial charge is 0.391 e. The lowest BCUT2D eigenvalue weighted by Gasteiger charge is -2.34. The standard InChI is InChI=1S/C21H22F3N5O2/c1-13-3-4-15(10-25-13)20-18(14(2)31-27-20)12-29-19(30)9-17(11-26-29)28-7-5-16(6-8-28)21(22,23)24/h3-4,9-11,16H,5-8,12H2,1-2H3. The van der Waals surface area contributed by atoms with Crippen LogP contribution in [0.15, 0.2) is 39.9 Å². The van der Waals surface area contributed by atoms with Gasteiger partial charge >= 0.3 is 6.18 Å². The van der Waals surface area contributed by atoms with Crippen molar-refractivity contribution in [3.05, 3.63) is 58.0 Å². The smallest absolute Gasteiger partial charge is 0.370 e. The van der Waals surface area contributed by atoms with Crippen LogP contribution in [-0.4, -0.2) is 39.2 Å². The number of hydrogen-bond acceptors (Lipinski definition) is 6. The Morgan fingerprint density at radius 1 is 1.16 bits per heavy atom. The molecule has 7 nitrogen and oxygen atoms in total. The third-order valence-electron chi connectivity index (χ3n) is 5.66. The Hall–Kier alpha value is -3.17. The number of anilines is 1. The molecule has 0 amide bonds. The summed E-state index contributed by atoms with van der Waals surface area (Å²) < 4.78 is 45.2. The van der Waals surface area contributed by atoms with E-state index in [0.717, 1.165) is 16.8 Å². The monoisotopic (exact) mass is 433 g/mol. The zero-order chi connectivity index (χ0) is 22.2. The molecule has 4 heterocycles. The van der Waals surface area contributed by atoms with E-state index in [2.05, 4.69) is 15.2 Å². The summed E-state index contributed by atoms with van der Waals surface area (Å²) in [5.74, 6) is -0.717. The highest BCUT2D eigenvalue weighted by atomic mass is 19.4. The van der Waals surface area contributed by atoms with Crippen LogP contribution in [0.1, 0.15) is 29.9 Å². The molecule has 3 aromatic heterocycles. The van der Waals surface area contributed by atoms with Gasteiger partial charge in [-0.05, 0) is 38.8 Å². The van der Waals surface area contributed by atoms with E-state index in [1.165, 1.54) is 16.9 Å². The van der Waals surface area contributed by atoms with Gasteiger partial charge in [0, 0.05) is 42.2 Å². The second kappa shape index (κ2) is 8.16. The molecule has 1 fully saturated rings. The molecule has 1 aliphatic rings. The van der Waals surface area contributed by atoms with Gasteiger partial charge in [-0.15, -0.1) is 0 Å². The van der Waals surface area contributed by atoms with Crippen LogP contribution in [0.3, 0.4) is 0 Å². The molecular weight excluding hydrogens is 411 g/mol. The van der Waals surface area contributed by atoms with Gasteiger partial charge in [-0.25, -0.2) is 4.68 Å². The first-order valence-electron chi connectivity index (χ1n) is 9.99. The molecule has 4 rings (SSSR count). The quantitative estimate of drug-likeness (QED) is 0.624. The summed E-state index contributed by atoms with van der Waals surface area (Å²) in [5, 5.41) is 8.34. The average Bonchev–Trinajstić information content (AvgIpc) is 3.10. The van der Waals surface area contributed by atoms with Crippen LogP contribution in [0.4, 0.5) is 18.9 Å². The molecule has 10 heteroatoms. The van der Waals surface area contributed by atoms with Crippen molar-refractivity contribution in [3.8, 4) is 11.3 Å². The summed E-state index contributed by atoms with van der Waals surface area (Å²) in [6.45, 7) is 4.29. The Balaban J connectivity index is 1.52. The van der Waals surface area contributed by atoms with Gasteiger partial charge in [0.15, 0.2) is 0 Å². The van der Waals surface area contributed by atoms with Gasteiger partial charge in [-0.2, -0.15) is 18.3 Å². The van der Waals surface area contributed by atoms with E-state index < -0.39 is 12.1 Å². The van der Waals surface area contributed by atoms with E-state index in [0.29, 0.717) is 17.1 Å². The van der Waals surface area contributed by atoms with Crippen LogP contribution < -0.4 is 10.5 Å². The molecule has 31 heavy (non-hydrogen) atoms. The number of hydrogen-bond donors (Lipinski definition) is 0. The number of rotatable bonds is 4. The summed E-state index contributed by atoms with van der Waals surface area (Å²) in [6, 6.07) is 5.16. The molecule has 0 bridgehead atoms. The lowest BCUT2D eigenvalue weighted by Crippen LogP contribution is -2.39.